The molecule has 0 spiro atoms. The molecule has 4 nitrogen and oxygen atoms in total. The highest BCUT2D eigenvalue weighted by Gasteiger charge is 2.49. The van der Waals surface area contributed by atoms with Crippen molar-refractivity contribution in [2.75, 3.05) is 6.54 Å². The van der Waals surface area contributed by atoms with Gasteiger partial charge in [-0.15, -0.1) is 0 Å². The van der Waals surface area contributed by atoms with E-state index in [0.29, 0.717) is 4.90 Å². The van der Waals surface area contributed by atoms with E-state index in [1.165, 1.54) is 0 Å². The summed E-state index contributed by atoms with van der Waals surface area (Å²) in [6.45, 7) is -0.144. The first-order chi connectivity index (χ1) is 5.84. The Morgan fingerprint density at radius 3 is 2.15 bits per heavy atom. The maximum absolute atomic E-state index is 11.8. The number of rotatable bonds is 1. The maximum atomic E-state index is 11.8. The molecule has 0 aromatic rings. The van der Waals surface area contributed by atoms with E-state index in [4.69, 9.17) is 5.11 Å². The lowest BCUT2D eigenvalue weighted by atomic mass is 10.0. The van der Waals surface area contributed by atoms with Crippen molar-refractivity contribution in [3.05, 3.63) is 0 Å². The second-order valence-electron chi connectivity index (χ2n) is 2.64. The number of carboxylic acids is 1. The zero-order valence-electron chi connectivity index (χ0n) is 6.34. The number of alkyl halides is 3. The molecule has 7 heteroatoms. The molecule has 1 atom stereocenters. The average Bonchev–Trinajstić information content (AvgIpc) is 1.80. The summed E-state index contributed by atoms with van der Waals surface area (Å²) in [5, 5.41) is 8.36. The van der Waals surface area contributed by atoms with Crippen LogP contribution in [0.5, 0.6) is 0 Å². The summed E-state index contributed by atoms with van der Waals surface area (Å²) >= 11 is 0. The maximum Gasteiger partial charge on any atom is 0.471 e. The van der Waals surface area contributed by atoms with Crippen molar-refractivity contribution < 1.29 is 27.9 Å². The molecular weight excluding hydrogens is 191 g/mol. The van der Waals surface area contributed by atoms with Gasteiger partial charge in [0.15, 0.2) is 0 Å². The quantitative estimate of drug-likeness (QED) is 0.654. The smallest absolute Gasteiger partial charge is 0.471 e. The Morgan fingerprint density at radius 2 is 1.92 bits per heavy atom. The van der Waals surface area contributed by atoms with Gasteiger partial charge in [0.2, 0.25) is 0 Å². The number of hydrogen-bond donors (Lipinski definition) is 1. The number of carboxylic acid groups (broad SMARTS) is 1. The van der Waals surface area contributed by atoms with Gasteiger partial charge in [0.1, 0.15) is 6.04 Å². The van der Waals surface area contributed by atoms with Crippen LogP contribution in [0.1, 0.15) is 6.42 Å². The van der Waals surface area contributed by atoms with Crippen molar-refractivity contribution in [3.63, 3.8) is 0 Å². The zero-order valence-corrected chi connectivity index (χ0v) is 6.34. The highest BCUT2D eigenvalue weighted by atomic mass is 19.4. The average molecular weight is 197 g/mol. The van der Waals surface area contributed by atoms with Crippen LogP contribution in [-0.4, -0.2) is 40.6 Å². The van der Waals surface area contributed by atoms with Crippen molar-refractivity contribution in [1.29, 1.82) is 0 Å². The Morgan fingerprint density at radius 1 is 1.38 bits per heavy atom. The van der Waals surface area contributed by atoms with Gasteiger partial charge in [-0.1, -0.05) is 0 Å². The summed E-state index contributed by atoms with van der Waals surface area (Å²) in [6.07, 6.45) is -4.90. The lowest BCUT2D eigenvalue weighted by Gasteiger charge is -2.37. The third-order valence-corrected chi connectivity index (χ3v) is 1.81. The number of aliphatic carboxylic acids is 1. The Labute approximate surface area is 70.9 Å². The second-order valence-corrected chi connectivity index (χ2v) is 2.64. The zero-order chi connectivity index (χ0) is 10.2. The van der Waals surface area contributed by atoms with Crippen LogP contribution in [0.3, 0.4) is 0 Å². The molecule has 0 radical (unpaired) electrons. The summed E-state index contributed by atoms with van der Waals surface area (Å²) in [7, 11) is 0. The minimum atomic E-state index is -4.98. The van der Waals surface area contributed by atoms with Gasteiger partial charge < -0.3 is 10.0 Å². The van der Waals surface area contributed by atoms with Crippen molar-refractivity contribution in [2.24, 2.45) is 0 Å². The second kappa shape index (κ2) is 2.90. The van der Waals surface area contributed by atoms with Crippen LogP contribution in [0.4, 0.5) is 13.2 Å². The highest BCUT2D eigenvalue weighted by molar-refractivity contribution is 5.88. The van der Waals surface area contributed by atoms with Crippen LogP contribution < -0.4 is 0 Å². The number of hydrogen-bond acceptors (Lipinski definition) is 2. The van der Waals surface area contributed by atoms with Crippen molar-refractivity contribution in [3.8, 4) is 0 Å². The minimum absolute atomic E-state index is 0.0805. The minimum Gasteiger partial charge on any atom is -0.480 e. The van der Waals surface area contributed by atoms with Crippen LogP contribution in [0.25, 0.3) is 0 Å². The van der Waals surface area contributed by atoms with Crippen molar-refractivity contribution >= 4 is 11.9 Å². The molecule has 0 unspecified atom stereocenters. The number of nitrogens with zero attached hydrogens (tertiary/aromatic N) is 1. The van der Waals surface area contributed by atoms with E-state index in [9.17, 15) is 22.8 Å². The fraction of sp³-hybridized carbons (Fsp3) is 0.667. The molecule has 1 heterocycles. The first kappa shape index (κ1) is 9.82. The molecular formula is C6H6F3NO3. The number of halogens is 3. The summed E-state index contributed by atoms with van der Waals surface area (Å²) in [5.74, 6) is -3.48. The van der Waals surface area contributed by atoms with Gasteiger partial charge in [0, 0.05) is 6.54 Å². The lowest BCUT2D eigenvalue weighted by Crippen LogP contribution is -2.58. The first-order valence-corrected chi connectivity index (χ1v) is 3.44. The van der Waals surface area contributed by atoms with Gasteiger partial charge in [0.25, 0.3) is 0 Å². The molecule has 0 saturated carbocycles. The fourth-order valence-electron chi connectivity index (χ4n) is 1.05. The van der Waals surface area contributed by atoms with Gasteiger partial charge >= 0.3 is 18.1 Å². The van der Waals surface area contributed by atoms with E-state index in [-0.39, 0.29) is 13.0 Å². The van der Waals surface area contributed by atoms with Crippen molar-refractivity contribution in [1.82, 2.24) is 4.90 Å². The third kappa shape index (κ3) is 1.73. The molecule has 0 aliphatic carbocycles. The van der Waals surface area contributed by atoms with Gasteiger partial charge in [-0.2, -0.15) is 13.2 Å². The molecule has 1 rings (SSSR count). The largest absolute Gasteiger partial charge is 0.480 e. The Kier molecular flexibility index (Phi) is 2.19. The van der Waals surface area contributed by atoms with E-state index >= 15 is 0 Å². The number of likely N-dealkylation sites (tertiary alicyclic amines) is 1. The number of carbonyl (C=O) groups excluding carboxylic acids is 1. The first-order valence-electron chi connectivity index (χ1n) is 3.44. The Balaban J connectivity index is 2.65. The topological polar surface area (TPSA) is 57.6 Å². The van der Waals surface area contributed by atoms with Gasteiger partial charge in [-0.3, -0.25) is 4.79 Å². The monoisotopic (exact) mass is 197 g/mol. The Bertz CT molecular complexity index is 250. The highest BCUT2D eigenvalue weighted by Crippen LogP contribution is 2.26. The molecule has 1 saturated heterocycles. The molecule has 74 valence electrons. The summed E-state index contributed by atoms with van der Waals surface area (Å²) in [5.41, 5.74) is 0. The van der Waals surface area contributed by atoms with E-state index in [0.717, 1.165) is 0 Å². The standard InChI is InChI=1S/C6H6F3NO3/c7-6(8,9)5(13)10-2-1-3(10)4(11)12/h3H,1-2H2,(H,11,12)/t3-/m0/s1. The number of amides is 1. The van der Waals surface area contributed by atoms with Crippen LogP contribution >= 0.6 is 0 Å². The SMILES string of the molecule is O=C(O)[C@@H]1CCN1C(=O)C(F)(F)F. The third-order valence-electron chi connectivity index (χ3n) is 1.81. The molecule has 0 aromatic carbocycles. The van der Waals surface area contributed by atoms with E-state index in [1.54, 1.807) is 0 Å². The fourth-order valence-corrected chi connectivity index (χ4v) is 1.05. The van der Waals surface area contributed by atoms with E-state index < -0.39 is 24.1 Å². The molecule has 1 amide bonds. The number of carbonyl (C=O) groups is 2. The molecule has 1 aliphatic rings. The van der Waals surface area contributed by atoms with Crippen LogP contribution in [0, 0.1) is 0 Å². The van der Waals surface area contributed by atoms with Crippen LogP contribution in [0.2, 0.25) is 0 Å². The Hall–Kier alpha value is -1.27. The van der Waals surface area contributed by atoms with Gasteiger partial charge in [-0.05, 0) is 6.42 Å². The van der Waals surface area contributed by atoms with E-state index in [2.05, 4.69) is 0 Å². The molecule has 0 bridgehead atoms. The van der Waals surface area contributed by atoms with Crippen LogP contribution in [-0.2, 0) is 9.59 Å². The van der Waals surface area contributed by atoms with Gasteiger partial charge in [0.05, 0.1) is 0 Å². The molecule has 1 fully saturated rings. The molecule has 13 heavy (non-hydrogen) atoms. The predicted octanol–water partition coefficient (Wildman–Crippen LogP) is 0.234. The lowest BCUT2D eigenvalue weighted by molar-refractivity contribution is -0.195. The molecule has 1 aliphatic heterocycles. The summed E-state index contributed by atoms with van der Waals surface area (Å²) < 4.78 is 35.3. The molecule has 0 aromatic heterocycles. The van der Waals surface area contributed by atoms with Crippen molar-refractivity contribution in [2.45, 2.75) is 18.6 Å². The summed E-state index contributed by atoms with van der Waals surface area (Å²) in [4.78, 5) is 21.1. The van der Waals surface area contributed by atoms with E-state index in [1.807, 2.05) is 0 Å². The van der Waals surface area contributed by atoms with Crippen LogP contribution in [0.15, 0.2) is 0 Å². The molecule has 1 N–H and O–H groups in total. The summed E-state index contributed by atoms with van der Waals surface area (Å²) in [6, 6.07) is -1.31. The normalized spacial score (nSPS) is 22.4. The van der Waals surface area contributed by atoms with Gasteiger partial charge in [-0.25, -0.2) is 4.79 Å². The predicted molar refractivity (Wildman–Crippen MR) is 33.8 cm³/mol.